The minimum atomic E-state index is -0.245. The van der Waals surface area contributed by atoms with Crippen LogP contribution in [0.5, 0.6) is 0 Å². The van der Waals surface area contributed by atoms with Gasteiger partial charge in [0.2, 0.25) is 0 Å². The number of rotatable bonds is 3. The number of likely N-dealkylation sites (tertiary alicyclic amines) is 1. The molecule has 3 fully saturated rings. The SMILES string of the molecule is COC1(CNC(=O)N2C[C@H](C)[C@@H]3CCCC[C@H]32)CCOCC1. The van der Waals surface area contributed by atoms with Gasteiger partial charge >= 0.3 is 6.03 Å². The van der Waals surface area contributed by atoms with E-state index in [9.17, 15) is 4.79 Å². The number of carbonyl (C=O) groups excluding carboxylic acids is 1. The fraction of sp³-hybridized carbons (Fsp3) is 0.941. The average molecular weight is 310 g/mol. The second kappa shape index (κ2) is 6.75. The highest BCUT2D eigenvalue weighted by atomic mass is 16.5. The van der Waals surface area contributed by atoms with Gasteiger partial charge in [0.05, 0.1) is 5.60 Å². The van der Waals surface area contributed by atoms with Crippen molar-refractivity contribution in [1.82, 2.24) is 10.2 Å². The molecule has 0 radical (unpaired) electrons. The highest BCUT2D eigenvalue weighted by Gasteiger charge is 2.43. The zero-order valence-electron chi connectivity index (χ0n) is 14.0. The zero-order chi connectivity index (χ0) is 15.6. The number of carbonyl (C=O) groups is 1. The van der Waals surface area contributed by atoms with Gasteiger partial charge < -0.3 is 19.7 Å². The third-order valence-corrected chi connectivity index (χ3v) is 6.06. The molecule has 1 aliphatic carbocycles. The molecular formula is C17H30N2O3. The zero-order valence-corrected chi connectivity index (χ0v) is 14.0. The van der Waals surface area contributed by atoms with Crippen LogP contribution in [-0.2, 0) is 9.47 Å². The van der Waals surface area contributed by atoms with Gasteiger partial charge in [-0.15, -0.1) is 0 Å². The van der Waals surface area contributed by atoms with Crippen molar-refractivity contribution < 1.29 is 14.3 Å². The van der Waals surface area contributed by atoms with Crippen molar-refractivity contribution in [3.63, 3.8) is 0 Å². The Kier molecular flexibility index (Phi) is 4.93. The molecule has 2 aliphatic heterocycles. The molecule has 3 rings (SSSR count). The van der Waals surface area contributed by atoms with Gasteiger partial charge in [0.25, 0.3) is 0 Å². The minimum absolute atomic E-state index is 0.101. The summed E-state index contributed by atoms with van der Waals surface area (Å²) in [7, 11) is 1.74. The third kappa shape index (κ3) is 3.11. The first-order valence-electron chi connectivity index (χ1n) is 8.82. The van der Waals surface area contributed by atoms with Gasteiger partial charge in [0.15, 0.2) is 0 Å². The van der Waals surface area contributed by atoms with Crippen molar-refractivity contribution in [3.8, 4) is 0 Å². The summed E-state index contributed by atoms with van der Waals surface area (Å²) in [5.41, 5.74) is -0.245. The Morgan fingerprint density at radius 1 is 1.32 bits per heavy atom. The molecule has 2 amide bonds. The molecule has 5 heteroatoms. The highest BCUT2D eigenvalue weighted by Crippen LogP contribution is 2.39. The van der Waals surface area contributed by atoms with Gasteiger partial charge in [-0.3, -0.25) is 0 Å². The van der Waals surface area contributed by atoms with Crippen LogP contribution in [0.4, 0.5) is 4.79 Å². The summed E-state index contributed by atoms with van der Waals surface area (Å²) < 4.78 is 11.1. The van der Waals surface area contributed by atoms with Crippen LogP contribution >= 0.6 is 0 Å². The number of hydrogen-bond acceptors (Lipinski definition) is 3. The van der Waals surface area contributed by atoms with Gasteiger partial charge in [-0.2, -0.15) is 0 Å². The van der Waals surface area contributed by atoms with Crippen LogP contribution in [-0.4, -0.2) is 56.0 Å². The molecule has 0 bridgehead atoms. The Labute approximate surface area is 133 Å². The van der Waals surface area contributed by atoms with Crippen LogP contribution in [0, 0.1) is 11.8 Å². The summed E-state index contributed by atoms with van der Waals surface area (Å²) in [6, 6.07) is 0.557. The van der Waals surface area contributed by atoms with E-state index in [1.54, 1.807) is 7.11 Å². The standard InChI is InChI=1S/C17H30N2O3/c1-13-11-19(15-6-4-3-5-14(13)15)16(20)18-12-17(21-2)7-9-22-10-8-17/h13-15H,3-12H2,1-2H3,(H,18,20)/t13-,14-,15+/m0/s1. The van der Waals surface area contributed by atoms with E-state index in [0.29, 0.717) is 24.4 Å². The van der Waals surface area contributed by atoms with E-state index in [2.05, 4.69) is 17.1 Å². The second-order valence-electron chi connectivity index (χ2n) is 7.30. The number of hydrogen-bond donors (Lipinski definition) is 1. The molecule has 1 N–H and O–H groups in total. The first kappa shape index (κ1) is 16.1. The number of ether oxygens (including phenoxy) is 2. The van der Waals surface area contributed by atoms with E-state index in [4.69, 9.17) is 9.47 Å². The number of nitrogens with zero attached hydrogens (tertiary/aromatic N) is 1. The molecular weight excluding hydrogens is 280 g/mol. The molecule has 5 nitrogen and oxygen atoms in total. The monoisotopic (exact) mass is 310 g/mol. The predicted molar refractivity (Wildman–Crippen MR) is 84.8 cm³/mol. The molecule has 22 heavy (non-hydrogen) atoms. The lowest BCUT2D eigenvalue weighted by Gasteiger charge is -2.37. The first-order chi connectivity index (χ1) is 10.7. The lowest BCUT2D eigenvalue weighted by Crippen LogP contribution is -2.52. The average Bonchev–Trinajstić information content (AvgIpc) is 2.91. The number of fused-ring (bicyclic) bond motifs is 1. The fourth-order valence-electron chi connectivity index (χ4n) is 4.54. The van der Waals surface area contributed by atoms with Crippen LogP contribution in [0.1, 0.15) is 45.4 Å². The lowest BCUT2D eigenvalue weighted by atomic mass is 9.80. The molecule has 126 valence electrons. The molecule has 0 aromatic rings. The molecule has 2 saturated heterocycles. The Balaban J connectivity index is 1.57. The topological polar surface area (TPSA) is 50.8 Å². The molecule has 0 spiro atoms. The Bertz CT molecular complexity index is 395. The smallest absolute Gasteiger partial charge is 0.317 e. The fourth-order valence-corrected chi connectivity index (χ4v) is 4.54. The van der Waals surface area contributed by atoms with E-state index in [1.807, 2.05) is 0 Å². The van der Waals surface area contributed by atoms with Crippen molar-refractivity contribution in [3.05, 3.63) is 0 Å². The van der Waals surface area contributed by atoms with Gasteiger partial charge in [0, 0.05) is 52.3 Å². The lowest BCUT2D eigenvalue weighted by molar-refractivity contribution is -0.0865. The van der Waals surface area contributed by atoms with Crippen LogP contribution in [0.2, 0.25) is 0 Å². The maximum Gasteiger partial charge on any atom is 0.317 e. The number of nitrogens with one attached hydrogen (secondary N) is 1. The summed E-state index contributed by atoms with van der Waals surface area (Å²) in [6.07, 6.45) is 6.75. The molecule has 2 heterocycles. The van der Waals surface area contributed by atoms with Gasteiger partial charge in [-0.05, 0) is 24.7 Å². The molecule has 3 atom stereocenters. The van der Waals surface area contributed by atoms with Crippen LogP contribution in [0.25, 0.3) is 0 Å². The van der Waals surface area contributed by atoms with Crippen molar-refractivity contribution in [1.29, 1.82) is 0 Å². The Morgan fingerprint density at radius 2 is 2.05 bits per heavy atom. The Morgan fingerprint density at radius 3 is 2.77 bits per heavy atom. The quantitative estimate of drug-likeness (QED) is 0.871. The van der Waals surface area contributed by atoms with Crippen LogP contribution < -0.4 is 5.32 Å². The molecule has 0 aromatic heterocycles. The summed E-state index contributed by atoms with van der Waals surface area (Å²) >= 11 is 0. The minimum Gasteiger partial charge on any atom is -0.381 e. The van der Waals surface area contributed by atoms with E-state index < -0.39 is 0 Å². The molecule has 1 saturated carbocycles. The van der Waals surface area contributed by atoms with E-state index in [-0.39, 0.29) is 11.6 Å². The normalized spacial score (nSPS) is 34.3. The first-order valence-corrected chi connectivity index (χ1v) is 8.82. The molecule has 3 aliphatic rings. The largest absolute Gasteiger partial charge is 0.381 e. The van der Waals surface area contributed by atoms with E-state index in [0.717, 1.165) is 32.6 Å². The maximum atomic E-state index is 12.7. The molecule has 0 aromatic carbocycles. The van der Waals surface area contributed by atoms with E-state index >= 15 is 0 Å². The van der Waals surface area contributed by atoms with E-state index in [1.165, 1.54) is 25.7 Å². The van der Waals surface area contributed by atoms with Gasteiger partial charge in [0.1, 0.15) is 0 Å². The summed E-state index contributed by atoms with van der Waals surface area (Å²) in [6.45, 7) is 5.23. The number of methoxy groups -OCH3 is 1. The summed E-state index contributed by atoms with van der Waals surface area (Å²) in [5.74, 6) is 1.34. The summed E-state index contributed by atoms with van der Waals surface area (Å²) in [5, 5.41) is 3.15. The van der Waals surface area contributed by atoms with Crippen molar-refractivity contribution in [2.75, 3.05) is 33.4 Å². The van der Waals surface area contributed by atoms with Crippen molar-refractivity contribution in [2.45, 2.75) is 57.1 Å². The molecule has 0 unspecified atom stereocenters. The Hall–Kier alpha value is -0.810. The van der Waals surface area contributed by atoms with Crippen LogP contribution in [0.3, 0.4) is 0 Å². The number of amides is 2. The van der Waals surface area contributed by atoms with Crippen LogP contribution in [0.15, 0.2) is 0 Å². The number of urea groups is 1. The maximum absolute atomic E-state index is 12.7. The summed E-state index contributed by atoms with van der Waals surface area (Å²) in [4.78, 5) is 14.8. The van der Waals surface area contributed by atoms with Crippen molar-refractivity contribution >= 4 is 6.03 Å². The second-order valence-corrected chi connectivity index (χ2v) is 7.30. The van der Waals surface area contributed by atoms with Gasteiger partial charge in [-0.25, -0.2) is 4.79 Å². The highest BCUT2D eigenvalue weighted by molar-refractivity contribution is 5.75. The van der Waals surface area contributed by atoms with Crippen molar-refractivity contribution in [2.24, 2.45) is 11.8 Å². The van der Waals surface area contributed by atoms with Gasteiger partial charge in [-0.1, -0.05) is 19.8 Å². The predicted octanol–water partition coefficient (Wildman–Crippen LogP) is 2.40. The third-order valence-electron chi connectivity index (χ3n) is 6.06.